The van der Waals surface area contributed by atoms with Crippen molar-refractivity contribution in [1.82, 2.24) is 14.3 Å². The molecule has 0 saturated heterocycles. The highest BCUT2D eigenvalue weighted by Crippen LogP contribution is 2.35. The molecule has 6 heteroatoms. The van der Waals surface area contributed by atoms with Gasteiger partial charge in [-0.25, -0.2) is 0 Å². The predicted octanol–water partition coefficient (Wildman–Crippen LogP) is 6.91. The quantitative estimate of drug-likeness (QED) is 0.148. The number of nitrogens with one attached hydrogen (secondary N) is 1. The first-order valence-corrected chi connectivity index (χ1v) is 14.0. The number of hydrogen-bond acceptors (Lipinski definition) is 2. The number of nitrogens with zero attached hydrogens (tertiary/aromatic N) is 3. The Hall–Kier alpha value is -4.97. The summed E-state index contributed by atoms with van der Waals surface area (Å²) >= 11 is 0. The lowest BCUT2D eigenvalue weighted by Crippen LogP contribution is -2.42. The smallest absolute Gasteiger partial charge is 0.442 e. The van der Waals surface area contributed by atoms with Crippen molar-refractivity contribution < 1.29 is 9.30 Å². The second-order valence-electron chi connectivity index (χ2n) is 11.4. The van der Waals surface area contributed by atoms with Crippen LogP contribution in [-0.4, -0.2) is 16.0 Å². The van der Waals surface area contributed by atoms with Crippen LogP contribution >= 0.6 is 0 Å². The van der Waals surface area contributed by atoms with Gasteiger partial charge in [-0.3, -0.25) is 0 Å². The number of fused-ring (bicyclic) bond motifs is 3. The molecule has 1 N–H and O–H groups in total. The van der Waals surface area contributed by atoms with Crippen molar-refractivity contribution in [3.8, 4) is 17.1 Å². The fraction of sp³-hybridized carbons (Fsp3) is 0.114. The van der Waals surface area contributed by atoms with E-state index in [4.69, 9.17) is 4.74 Å². The van der Waals surface area contributed by atoms with Gasteiger partial charge >= 0.3 is 6.98 Å². The van der Waals surface area contributed by atoms with E-state index in [0.29, 0.717) is 5.88 Å². The van der Waals surface area contributed by atoms with Crippen molar-refractivity contribution in [3.05, 3.63) is 145 Å². The Morgan fingerprint density at radius 2 is 1.63 bits per heavy atom. The van der Waals surface area contributed by atoms with E-state index < -0.39 is 0 Å². The standard InChI is InChI=1S/C35H31BN4O/c1-35(2,3)26-11-9-14-28(23-26)40-32-16-8-7-15-30(32)31-19-18-29(24-33(31)40)41-34-17-10-20-36(37-34)39-22-21-38(25-39)27-12-5-4-6-13-27/h4-24,37H,1-3H3. The van der Waals surface area contributed by atoms with E-state index in [-0.39, 0.29) is 12.4 Å². The van der Waals surface area contributed by atoms with E-state index >= 15 is 0 Å². The Morgan fingerprint density at radius 1 is 0.829 bits per heavy atom. The van der Waals surface area contributed by atoms with Crippen molar-refractivity contribution in [3.63, 3.8) is 0 Å². The molecule has 0 fully saturated rings. The van der Waals surface area contributed by atoms with Gasteiger partial charge in [0.1, 0.15) is 5.75 Å². The minimum Gasteiger partial charge on any atom is -0.442 e. The summed E-state index contributed by atoms with van der Waals surface area (Å²) in [6, 6.07) is 34.0. The Bertz CT molecular complexity index is 1940. The SMILES string of the molecule is CC(C)(C)c1cccc(-n2c3ccccc3c3ccc(OC4=CC=CB(n5[c-][n+](-c6ccccc6)cc5)N4)cc32)c1. The maximum absolute atomic E-state index is 6.42. The summed E-state index contributed by atoms with van der Waals surface area (Å²) in [5.74, 6) is 3.54. The largest absolute Gasteiger partial charge is 0.510 e. The van der Waals surface area contributed by atoms with Crippen LogP contribution in [0.2, 0.25) is 0 Å². The monoisotopic (exact) mass is 534 g/mol. The first-order chi connectivity index (χ1) is 19.9. The van der Waals surface area contributed by atoms with E-state index in [2.05, 4.69) is 116 Å². The van der Waals surface area contributed by atoms with Crippen LogP contribution in [-0.2, 0) is 5.41 Å². The van der Waals surface area contributed by atoms with Gasteiger partial charge in [-0.1, -0.05) is 87.5 Å². The van der Waals surface area contributed by atoms with E-state index in [1.807, 2.05) is 57.9 Å². The molecule has 0 saturated carbocycles. The Balaban J connectivity index is 1.21. The van der Waals surface area contributed by atoms with E-state index in [0.717, 1.165) is 22.6 Å². The maximum atomic E-state index is 6.42. The topological polar surface area (TPSA) is 35.0 Å². The molecule has 1 aliphatic heterocycles. The molecule has 5 nitrogen and oxygen atoms in total. The highest BCUT2D eigenvalue weighted by Gasteiger charge is 2.24. The minimum atomic E-state index is -0.115. The number of rotatable bonds is 5. The third-order valence-electron chi connectivity index (χ3n) is 7.61. The van der Waals surface area contributed by atoms with Gasteiger partial charge in [-0.2, -0.15) is 0 Å². The van der Waals surface area contributed by atoms with Crippen LogP contribution in [0.15, 0.2) is 133 Å². The number of aromatic nitrogens is 3. The van der Waals surface area contributed by atoms with Gasteiger partial charge in [-0.05, 0) is 59.6 Å². The third-order valence-corrected chi connectivity index (χ3v) is 7.61. The van der Waals surface area contributed by atoms with Crippen molar-refractivity contribution in [2.24, 2.45) is 0 Å². The molecule has 0 radical (unpaired) electrons. The number of ether oxygens (including phenoxy) is 1. The van der Waals surface area contributed by atoms with Gasteiger partial charge in [0, 0.05) is 28.7 Å². The second kappa shape index (κ2) is 9.90. The molecular formula is C35H31BN4O. The Labute approximate surface area is 240 Å². The van der Waals surface area contributed by atoms with Crippen LogP contribution in [0.4, 0.5) is 0 Å². The zero-order chi connectivity index (χ0) is 28.0. The molecule has 6 aromatic rings. The highest BCUT2D eigenvalue weighted by molar-refractivity contribution is 6.60. The molecule has 7 rings (SSSR count). The molecule has 0 amide bonds. The molecule has 0 unspecified atom stereocenters. The molecule has 0 spiro atoms. The number of para-hydroxylation sites is 2. The molecule has 4 aromatic carbocycles. The summed E-state index contributed by atoms with van der Waals surface area (Å²) in [5.41, 5.74) is 5.87. The zero-order valence-corrected chi connectivity index (χ0v) is 23.5. The van der Waals surface area contributed by atoms with Crippen molar-refractivity contribution in [2.75, 3.05) is 0 Å². The van der Waals surface area contributed by atoms with Crippen LogP contribution in [0, 0.1) is 6.33 Å². The maximum Gasteiger partial charge on any atom is 0.510 e. The molecule has 0 bridgehead atoms. The van der Waals surface area contributed by atoms with Gasteiger partial charge in [0.25, 0.3) is 0 Å². The number of hydrogen-bond donors (Lipinski definition) is 1. The Kier molecular flexibility index (Phi) is 6.04. The first kappa shape index (κ1) is 25.0. The lowest BCUT2D eigenvalue weighted by Gasteiger charge is -2.20. The number of imidazole rings is 1. The van der Waals surface area contributed by atoms with Crippen LogP contribution < -0.4 is 14.5 Å². The van der Waals surface area contributed by atoms with Crippen molar-refractivity contribution in [2.45, 2.75) is 26.2 Å². The lowest BCUT2D eigenvalue weighted by atomic mass is 9.74. The number of allylic oxidation sites excluding steroid dienone is 2. The highest BCUT2D eigenvalue weighted by atomic mass is 16.5. The summed E-state index contributed by atoms with van der Waals surface area (Å²) in [6.07, 6.45) is 11.4. The van der Waals surface area contributed by atoms with Gasteiger partial charge in [-0.15, -0.1) is 0 Å². The van der Waals surface area contributed by atoms with Crippen molar-refractivity contribution in [1.29, 1.82) is 0 Å². The normalized spacial score (nSPS) is 13.4. The van der Waals surface area contributed by atoms with Crippen LogP contribution in [0.1, 0.15) is 26.3 Å². The van der Waals surface area contributed by atoms with Crippen LogP contribution in [0.5, 0.6) is 5.75 Å². The first-order valence-electron chi connectivity index (χ1n) is 14.0. The van der Waals surface area contributed by atoms with Gasteiger partial charge in [0.2, 0.25) is 6.33 Å². The average molecular weight is 534 g/mol. The molecule has 200 valence electrons. The molecule has 2 aromatic heterocycles. The van der Waals surface area contributed by atoms with E-state index in [1.165, 1.54) is 21.9 Å². The molecule has 41 heavy (non-hydrogen) atoms. The Morgan fingerprint density at radius 3 is 2.49 bits per heavy atom. The fourth-order valence-electron chi connectivity index (χ4n) is 5.46. The van der Waals surface area contributed by atoms with Crippen LogP contribution in [0.25, 0.3) is 33.2 Å². The average Bonchev–Trinajstić information content (AvgIpc) is 3.61. The second-order valence-corrected chi connectivity index (χ2v) is 11.4. The summed E-state index contributed by atoms with van der Waals surface area (Å²) in [5, 5.41) is 5.92. The minimum absolute atomic E-state index is 0.0593. The zero-order valence-electron chi connectivity index (χ0n) is 23.5. The summed E-state index contributed by atoms with van der Waals surface area (Å²) < 4.78 is 12.8. The number of benzene rings is 4. The lowest BCUT2D eigenvalue weighted by molar-refractivity contribution is -0.599. The van der Waals surface area contributed by atoms with Gasteiger partial charge in [0.05, 0.1) is 16.7 Å². The summed E-state index contributed by atoms with van der Waals surface area (Å²) in [7, 11) is 0. The summed E-state index contributed by atoms with van der Waals surface area (Å²) in [4.78, 5) is 0. The van der Waals surface area contributed by atoms with Gasteiger partial charge < -0.3 is 23.6 Å². The summed E-state index contributed by atoms with van der Waals surface area (Å²) in [6.45, 7) is 6.64. The van der Waals surface area contributed by atoms with E-state index in [9.17, 15) is 0 Å². The van der Waals surface area contributed by atoms with Gasteiger partial charge in [0.15, 0.2) is 5.88 Å². The molecule has 0 atom stereocenters. The van der Waals surface area contributed by atoms with Crippen LogP contribution in [0.3, 0.4) is 0 Å². The molecule has 0 aliphatic carbocycles. The van der Waals surface area contributed by atoms with Crippen molar-refractivity contribution >= 4 is 28.8 Å². The fourth-order valence-corrected chi connectivity index (χ4v) is 5.46. The third kappa shape index (κ3) is 4.72. The molecular weight excluding hydrogens is 503 g/mol. The van der Waals surface area contributed by atoms with E-state index in [1.54, 1.807) is 0 Å². The molecule has 3 heterocycles. The molecule has 1 aliphatic rings. The predicted molar refractivity (Wildman–Crippen MR) is 166 cm³/mol.